The van der Waals surface area contributed by atoms with Crippen LogP contribution in [0.15, 0.2) is 12.3 Å². The van der Waals surface area contributed by atoms with Crippen molar-refractivity contribution in [2.75, 3.05) is 19.7 Å². The minimum Gasteiger partial charge on any atom is -0.466 e. The Morgan fingerprint density at radius 1 is 1.33 bits per heavy atom. The maximum Gasteiger partial charge on any atom is 0.309 e. The lowest BCUT2D eigenvalue weighted by Gasteiger charge is -2.30. The van der Waals surface area contributed by atoms with Gasteiger partial charge in [-0.1, -0.05) is 0 Å². The molecule has 1 aromatic heterocycles. The zero-order valence-corrected chi connectivity index (χ0v) is 12.3. The molecular weight excluding hydrogens is 272 g/mol. The lowest BCUT2D eigenvalue weighted by Crippen LogP contribution is -2.40. The van der Waals surface area contributed by atoms with E-state index in [1.54, 1.807) is 24.1 Å². The average molecular weight is 292 g/mol. The Bertz CT molecular complexity index is 542. The maximum absolute atomic E-state index is 12.3. The molecule has 1 N–H and O–H groups in total. The van der Waals surface area contributed by atoms with Crippen LogP contribution in [0.4, 0.5) is 0 Å². The molecule has 114 valence electrons. The molecule has 6 nitrogen and oxygen atoms in total. The van der Waals surface area contributed by atoms with Gasteiger partial charge in [0.15, 0.2) is 5.78 Å². The molecule has 6 heteroatoms. The average Bonchev–Trinajstić information content (AvgIpc) is 2.97. The lowest BCUT2D eigenvalue weighted by molar-refractivity contribution is -0.149. The Labute approximate surface area is 123 Å². The van der Waals surface area contributed by atoms with Crippen molar-refractivity contribution in [1.82, 2.24) is 9.88 Å². The first kappa shape index (κ1) is 15.3. The van der Waals surface area contributed by atoms with Crippen molar-refractivity contribution in [3.05, 3.63) is 23.5 Å². The van der Waals surface area contributed by atoms with Crippen molar-refractivity contribution < 1.29 is 19.1 Å². The SMILES string of the molecule is CCOC(=O)C1CCN(C(=O)c2cc(C(C)=O)c[nH]2)CC1. The van der Waals surface area contributed by atoms with Crippen LogP contribution in [-0.2, 0) is 9.53 Å². The molecule has 2 heterocycles. The zero-order chi connectivity index (χ0) is 15.4. The van der Waals surface area contributed by atoms with Gasteiger partial charge in [-0.15, -0.1) is 0 Å². The molecule has 0 atom stereocenters. The van der Waals surface area contributed by atoms with Crippen LogP contribution in [0.1, 0.15) is 47.5 Å². The number of carbonyl (C=O) groups is 3. The summed E-state index contributed by atoms with van der Waals surface area (Å²) < 4.78 is 5.01. The van der Waals surface area contributed by atoms with Gasteiger partial charge in [0.2, 0.25) is 0 Å². The van der Waals surface area contributed by atoms with E-state index in [2.05, 4.69) is 4.98 Å². The van der Waals surface area contributed by atoms with Gasteiger partial charge in [0.25, 0.3) is 5.91 Å². The summed E-state index contributed by atoms with van der Waals surface area (Å²) in [5.41, 5.74) is 0.912. The van der Waals surface area contributed by atoms with E-state index in [1.165, 1.54) is 6.92 Å². The van der Waals surface area contributed by atoms with Gasteiger partial charge < -0.3 is 14.6 Å². The highest BCUT2D eigenvalue weighted by atomic mass is 16.5. The van der Waals surface area contributed by atoms with Crippen LogP contribution in [-0.4, -0.2) is 47.2 Å². The first-order valence-electron chi connectivity index (χ1n) is 7.18. The standard InChI is InChI=1S/C15H20N2O4/c1-3-21-15(20)11-4-6-17(7-5-11)14(19)13-8-12(9-16-13)10(2)18/h8-9,11,16H,3-7H2,1-2H3. The maximum atomic E-state index is 12.3. The lowest BCUT2D eigenvalue weighted by atomic mass is 9.97. The Kier molecular flexibility index (Phi) is 4.77. The first-order valence-corrected chi connectivity index (χ1v) is 7.18. The highest BCUT2D eigenvalue weighted by Crippen LogP contribution is 2.20. The fourth-order valence-electron chi connectivity index (χ4n) is 2.47. The molecular formula is C15H20N2O4. The van der Waals surface area contributed by atoms with Gasteiger partial charge in [0.1, 0.15) is 5.69 Å². The molecule has 1 aromatic rings. The second-order valence-corrected chi connectivity index (χ2v) is 5.18. The number of aromatic nitrogens is 1. The number of nitrogens with one attached hydrogen (secondary N) is 1. The first-order chi connectivity index (χ1) is 10.0. The van der Waals surface area contributed by atoms with Gasteiger partial charge in [0.05, 0.1) is 12.5 Å². The van der Waals surface area contributed by atoms with E-state index >= 15 is 0 Å². The number of nitrogens with zero attached hydrogens (tertiary/aromatic N) is 1. The van der Waals surface area contributed by atoms with Crippen molar-refractivity contribution in [3.8, 4) is 0 Å². The Morgan fingerprint density at radius 2 is 2.00 bits per heavy atom. The largest absolute Gasteiger partial charge is 0.466 e. The number of Topliss-reactive ketones (excluding diaryl/α,β-unsaturated/α-hetero) is 1. The van der Waals surface area contributed by atoms with Gasteiger partial charge in [0, 0.05) is 24.8 Å². The van der Waals surface area contributed by atoms with E-state index in [4.69, 9.17) is 4.74 Å². The number of ether oxygens (including phenoxy) is 1. The van der Waals surface area contributed by atoms with Crippen molar-refractivity contribution in [2.45, 2.75) is 26.7 Å². The van der Waals surface area contributed by atoms with Crippen molar-refractivity contribution in [1.29, 1.82) is 0 Å². The van der Waals surface area contributed by atoms with Gasteiger partial charge in [-0.25, -0.2) is 0 Å². The van der Waals surface area contributed by atoms with Crippen LogP contribution in [0.2, 0.25) is 0 Å². The van der Waals surface area contributed by atoms with Crippen LogP contribution in [0.5, 0.6) is 0 Å². The Morgan fingerprint density at radius 3 is 2.52 bits per heavy atom. The molecule has 0 spiro atoms. The molecule has 21 heavy (non-hydrogen) atoms. The third kappa shape index (κ3) is 3.51. The minimum atomic E-state index is -0.177. The van der Waals surface area contributed by atoms with E-state index in [0.717, 1.165) is 0 Å². The van der Waals surface area contributed by atoms with Crippen molar-refractivity contribution in [2.24, 2.45) is 5.92 Å². The molecule has 1 amide bonds. The molecule has 0 radical (unpaired) electrons. The van der Waals surface area contributed by atoms with E-state index in [9.17, 15) is 14.4 Å². The molecule has 0 bridgehead atoms. The molecule has 1 aliphatic rings. The van der Waals surface area contributed by atoms with E-state index in [0.29, 0.717) is 43.8 Å². The number of aromatic amines is 1. The van der Waals surface area contributed by atoms with E-state index in [-0.39, 0.29) is 23.6 Å². The quantitative estimate of drug-likeness (QED) is 0.675. The van der Waals surface area contributed by atoms with Crippen LogP contribution in [0.25, 0.3) is 0 Å². The normalized spacial score (nSPS) is 15.8. The molecule has 0 saturated carbocycles. The van der Waals surface area contributed by atoms with E-state index in [1.807, 2.05) is 0 Å². The topological polar surface area (TPSA) is 79.5 Å². The number of ketones is 1. The number of rotatable bonds is 4. The minimum absolute atomic E-state index is 0.0775. The molecule has 0 unspecified atom stereocenters. The monoisotopic (exact) mass is 292 g/mol. The van der Waals surface area contributed by atoms with Crippen LogP contribution >= 0.6 is 0 Å². The van der Waals surface area contributed by atoms with Gasteiger partial charge in [-0.05, 0) is 32.8 Å². The second-order valence-electron chi connectivity index (χ2n) is 5.18. The van der Waals surface area contributed by atoms with Crippen LogP contribution in [0.3, 0.4) is 0 Å². The third-order valence-corrected chi connectivity index (χ3v) is 3.72. The molecule has 2 rings (SSSR count). The summed E-state index contributed by atoms with van der Waals surface area (Å²) in [5.74, 6) is -0.509. The summed E-state index contributed by atoms with van der Waals surface area (Å²) in [5, 5.41) is 0. The number of piperidine rings is 1. The number of hydrogen-bond donors (Lipinski definition) is 1. The summed E-state index contributed by atoms with van der Waals surface area (Å²) in [6.07, 6.45) is 2.77. The summed E-state index contributed by atoms with van der Waals surface area (Å²) in [4.78, 5) is 39.7. The van der Waals surface area contributed by atoms with Gasteiger partial charge >= 0.3 is 5.97 Å². The molecule has 1 fully saturated rings. The predicted molar refractivity (Wildman–Crippen MR) is 76.1 cm³/mol. The van der Waals surface area contributed by atoms with Crippen LogP contribution in [0, 0.1) is 5.92 Å². The zero-order valence-electron chi connectivity index (χ0n) is 12.3. The smallest absolute Gasteiger partial charge is 0.309 e. The fraction of sp³-hybridized carbons (Fsp3) is 0.533. The summed E-state index contributed by atoms with van der Waals surface area (Å²) in [6.45, 7) is 4.68. The molecule has 0 aromatic carbocycles. The van der Waals surface area contributed by atoms with Crippen molar-refractivity contribution >= 4 is 17.7 Å². The molecule has 1 aliphatic heterocycles. The fourth-order valence-corrected chi connectivity index (χ4v) is 2.47. The Hall–Kier alpha value is -2.11. The van der Waals surface area contributed by atoms with E-state index < -0.39 is 0 Å². The summed E-state index contributed by atoms with van der Waals surface area (Å²) in [7, 11) is 0. The van der Waals surface area contributed by atoms with Crippen LogP contribution < -0.4 is 0 Å². The summed E-state index contributed by atoms with van der Waals surface area (Å²) in [6, 6.07) is 1.57. The molecule has 1 saturated heterocycles. The highest BCUT2D eigenvalue weighted by Gasteiger charge is 2.29. The van der Waals surface area contributed by atoms with Gasteiger partial charge in [-0.3, -0.25) is 14.4 Å². The second kappa shape index (κ2) is 6.56. The number of esters is 1. The van der Waals surface area contributed by atoms with Gasteiger partial charge in [-0.2, -0.15) is 0 Å². The predicted octanol–water partition coefficient (Wildman–Crippen LogP) is 1.63. The highest BCUT2D eigenvalue weighted by molar-refractivity contribution is 5.99. The van der Waals surface area contributed by atoms with Crippen molar-refractivity contribution in [3.63, 3.8) is 0 Å². The number of amides is 1. The number of carbonyl (C=O) groups excluding carboxylic acids is 3. The number of H-pyrrole nitrogens is 1. The summed E-state index contributed by atoms with van der Waals surface area (Å²) >= 11 is 0. The number of likely N-dealkylation sites (tertiary alicyclic amines) is 1. The third-order valence-electron chi connectivity index (χ3n) is 3.72. The molecule has 0 aliphatic carbocycles. The Balaban J connectivity index is 1.93. The number of hydrogen-bond acceptors (Lipinski definition) is 4.